The van der Waals surface area contributed by atoms with Crippen molar-refractivity contribution in [3.05, 3.63) is 45.8 Å². The maximum atomic E-state index is 12.5. The van der Waals surface area contributed by atoms with E-state index in [0.29, 0.717) is 23.7 Å². The van der Waals surface area contributed by atoms with Gasteiger partial charge in [-0.3, -0.25) is 9.59 Å². The lowest BCUT2D eigenvalue weighted by atomic mass is 10.1. The Balaban J connectivity index is 1.96. The Bertz CT molecular complexity index is 889. The van der Waals surface area contributed by atoms with Crippen LogP contribution in [0.15, 0.2) is 24.3 Å². The zero-order valence-corrected chi connectivity index (χ0v) is 18.1. The molecule has 1 heterocycles. The van der Waals surface area contributed by atoms with Gasteiger partial charge in [0.1, 0.15) is 10.8 Å². The molecule has 0 spiro atoms. The van der Waals surface area contributed by atoms with Crippen LogP contribution in [0.2, 0.25) is 0 Å². The van der Waals surface area contributed by atoms with E-state index < -0.39 is 5.97 Å². The largest absolute Gasteiger partial charge is 0.494 e. The third-order valence-corrected chi connectivity index (χ3v) is 5.41. The Morgan fingerprint density at radius 1 is 1.14 bits per heavy atom. The Morgan fingerprint density at radius 2 is 1.79 bits per heavy atom. The molecule has 7 nitrogen and oxygen atoms in total. The molecule has 0 bridgehead atoms. The molecule has 0 saturated heterocycles. The average molecular weight is 419 g/mol. The van der Waals surface area contributed by atoms with E-state index in [-0.39, 0.29) is 18.4 Å². The van der Waals surface area contributed by atoms with E-state index in [1.807, 2.05) is 38.1 Å². The second kappa shape index (κ2) is 10.1. The highest BCUT2D eigenvalue weighted by atomic mass is 32.1. The second-order valence-corrected chi connectivity index (χ2v) is 7.80. The quantitative estimate of drug-likeness (QED) is 0.663. The van der Waals surface area contributed by atoms with Gasteiger partial charge in [0.25, 0.3) is 5.91 Å². The number of benzene rings is 1. The average Bonchev–Trinajstić information content (AvgIpc) is 2.94. The molecule has 0 radical (unpaired) electrons. The number of nitrogens with one attached hydrogen (secondary N) is 1. The van der Waals surface area contributed by atoms with E-state index in [4.69, 9.17) is 9.47 Å². The number of anilines is 1. The van der Waals surface area contributed by atoms with Crippen LogP contribution in [0.1, 0.15) is 40.2 Å². The lowest BCUT2D eigenvalue weighted by molar-refractivity contribution is -0.133. The Kier molecular flexibility index (Phi) is 7.78. The summed E-state index contributed by atoms with van der Waals surface area (Å²) in [6.45, 7) is 7.54. The number of rotatable bonds is 8. The van der Waals surface area contributed by atoms with E-state index in [2.05, 4.69) is 5.32 Å². The van der Waals surface area contributed by atoms with Crippen LogP contribution in [-0.2, 0) is 20.9 Å². The Labute approximate surface area is 174 Å². The van der Waals surface area contributed by atoms with Crippen molar-refractivity contribution < 1.29 is 23.9 Å². The van der Waals surface area contributed by atoms with Crippen molar-refractivity contribution in [1.82, 2.24) is 4.90 Å². The van der Waals surface area contributed by atoms with Crippen molar-refractivity contribution in [3.8, 4) is 5.75 Å². The summed E-state index contributed by atoms with van der Waals surface area (Å²) in [4.78, 5) is 38.6. The highest BCUT2D eigenvalue weighted by Gasteiger charge is 2.23. The molecule has 1 N–H and O–H groups in total. The third kappa shape index (κ3) is 6.05. The van der Waals surface area contributed by atoms with Gasteiger partial charge in [0.05, 0.1) is 12.2 Å². The predicted octanol–water partition coefficient (Wildman–Crippen LogP) is 3.54. The maximum absolute atomic E-state index is 12.5. The van der Waals surface area contributed by atoms with Crippen LogP contribution in [0.4, 0.5) is 5.00 Å². The molecule has 156 valence electrons. The number of aryl methyl sites for hydroxylation is 1. The fraction of sp³-hybridized carbons (Fsp3) is 0.381. The molecule has 1 aromatic heterocycles. The lowest BCUT2D eigenvalue weighted by Crippen LogP contribution is -2.31. The zero-order chi connectivity index (χ0) is 21.6. The first-order valence-electron chi connectivity index (χ1n) is 9.23. The smallest absolute Gasteiger partial charge is 0.341 e. The van der Waals surface area contributed by atoms with Crippen LogP contribution in [0.3, 0.4) is 0 Å². The van der Waals surface area contributed by atoms with Gasteiger partial charge in [-0.1, -0.05) is 12.1 Å². The van der Waals surface area contributed by atoms with Gasteiger partial charge in [-0.2, -0.15) is 0 Å². The topological polar surface area (TPSA) is 84.9 Å². The van der Waals surface area contributed by atoms with Crippen molar-refractivity contribution in [2.75, 3.05) is 25.6 Å². The van der Waals surface area contributed by atoms with Crippen LogP contribution in [-0.4, -0.2) is 42.9 Å². The number of carbonyl (C=O) groups excluding carboxylic acids is 3. The SMILES string of the molecule is CCOc1ccc(CN(C)C(=O)COC(=O)c2c(NC(C)=O)sc(C)c2C)cc1. The van der Waals surface area contributed by atoms with Gasteiger partial charge in [0.15, 0.2) is 6.61 Å². The molecule has 0 aliphatic heterocycles. The summed E-state index contributed by atoms with van der Waals surface area (Å²) in [5, 5.41) is 3.08. The number of hydrogen-bond acceptors (Lipinski definition) is 6. The first-order chi connectivity index (χ1) is 13.7. The summed E-state index contributed by atoms with van der Waals surface area (Å²) < 4.78 is 10.6. The van der Waals surface area contributed by atoms with Gasteiger partial charge in [-0.05, 0) is 44.0 Å². The fourth-order valence-electron chi connectivity index (χ4n) is 2.65. The highest BCUT2D eigenvalue weighted by Crippen LogP contribution is 2.33. The van der Waals surface area contributed by atoms with Crippen molar-refractivity contribution in [2.24, 2.45) is 0 Å². The molecule has 8 heteroatoms. The van der Waals surface area contributed by atoms with Crippen molar-refractivity contribution in [2.45, 2.75) is 34.2 Å². The van der Waals surface area contributed by atoms with Gasteiger partial charge in [-0.15, -0.1) is 11.3 Å². The normalized spacial score (nSPS) is 10.4. The molecule has 0 unspecified atom stereocenters. The minimum atomic E-state index is -0.626. The van der Waals surface area contributed by atoms with Gasteiger partial charge in [-0.25, -0.2) is 4.79 Å². The van der Waals surface area contributed by atoms with Crippen LogP contribution in [0.5, 0.6) is 5.75 Å². The molecule has 0 aliphatic carbocycles. The number of ether oxygens (including phenoxy) is 2. The number of thiophene rings is 1. The molecule has 0 aliphatic rings. The predicted molar refractivity (Wildman–Crippen MR) is 112 cm³/mol. The molecule has 1 aromatic carbocycles. The maximum Gasteiger partial charge on any atom is 0.341 e. The summed E-state index contributed by atoms with van der Waals surface area (Å²) in [5.74, 6) is -0.446. The number of hydrogen-bond donors (Lipinski definition) is 1. The van der Waals surface area contributed by atoms with E-state index in [1.165, 1.54) is 23.2 Å². The third-order valence-electron chi connectivity index (χ3n) is 4.29. The standard InChI is InChI=1S/C21H26N2O5S/c1-6-27-17-9-7-16(8-10-17)11-23(5)18(25)12-28-21(26)19-13(2)14(3)29-20(19)22-15(4)24/h7-10H,6,11-12H2,1-5H3,(H,22,24). The molecule has 29 heavy (non-hydrogen) atoms. The molecule has 0 atom stereocenters. The summed E-state index contributed by atoms with van der Waals surface area (Å²) in [6, 6.07) is 7.47. The molecule has 0 saturated carbocycles. The second-order valence-electron chi connectivity index (χ2n) is 6.57. The number of amides is 2. The summed E-state index contributed by atoms with van der Waals surface area (Å²) in [7, 11) is 1.65. The number of nitrogens with zero attached hydrogens (tertiary/aromatic N) is 1. The molecule has 2 rings (SSSR count). The van der Waals surface area contributed by atoms with Crippen molar-refractivity contribution in [1.29, 1.82) is 0 Å². The Hall–Kier alpha value is -2.87. The summed E-state index contributed by atoms with van der Waals surface area (Å²) in [6.07, 6.45) is 0. The van der Waals surface area contributed by atoms with Gasteiger partial charge < -0.3 is 19.7 Å². The minimum absolute atomic E-state index is 0.272. The molecule has 0 fully saturated rings. The van der Waals surface area contributed by atoms with Crippen LogP contribution >= 0.6 is 11.3 Å². The first-order valence-corrected chi connectivity index (χ1v) is 10.0. The van der Waals surface area contributed by atoms with Crippen LogP contribution in [0.25, 0.3) is 0 Å². The zero-order valence-electron chi connectivity index (χ0n) is 17.3. The first kappa shape index (κ1) is 22.4. The van der Waals surface area contributed by atoms with E-state index in [1.54, 1.807) is 14.0 Å². The summed E-state index contributed by atoms with van der Waals surface area (Å²) >= 11 is 1.31. The Morgan fingerprint density at radius 3 is 2.38 bits per heavy atom. The van der Waals surface area contributed by atoms with Gasteiger partial charge in [0.2, 0.25) is 5.91 Å². The number of likely N-dealkylation sites (N-methyl/N-ethyl adjacent to an activating group) is 1. The lowest BCUT2D eigenvalue weighted by Gasteiger charge is -2.17. The van der Waals surface area contributed by atoms with Crippen LogP contribution in [0, 0.1) is 13.8 Å². The molecule has 2 amide bonds. The molecular weight excluding hydrogens is 392 g/mol. The monoisotopic (exact) mass is 418 g/mol. The molecule has 2 aromatic rings. The van der Waals surface area contributed by atoms with Gasteiger partial charge in [0, 0.05) is 25.4 Å². The fourth-order valence-corrected chi connectivity index (χ4v) is 3.74. The van der Waals surface area contributed by atoms with Crippen molar-refractivity contribution >= 4 is 34.1 Å². The van der Waals surface area contributed by atoms with Crippen LogP contribution < -0.4 is 10.1 Å². The van der Waals surface area contributed by atoms with E-state index in [9.17, 15) is 14.4 Å². The highest BCUT2D eigenvalue weighted by molar-refractivity contribution is 7.16. The van der Waals surface area contributed by atoms with Crippen molar-refractivity contribution in [3.63, 3.8) is 0 Å². The number of carbonyl (C=O) groups is 3. The van der Waals surface area contributed by atoms with Gasteiger partial charge >= 0.3 is 5.97 Å². The number of esters is 1. The molecular formula is C21H26N2O5S. The van der Waals surface area contributed by atoms with E-state index >= 15 is 0 Å². The minimum Gasteiger partial charge on any atom is -0.494 e. The summed E-state index contributed by atoms with van der Waals surface area (Å²) in [5.41, 5.74) is 1.97. The van der Waals surface area contributed by atoms with E-state index in [0.717, 1.165) is 21.8 Å².